The van der Waals surface area contributed by atoms with E-state index in [2.05, 4.69) is 66.7 Å². The Morgan fingerprint density at radius 2 is 0.759 bits per heavy atom. The van der Waals surface area contributed by atoms with Crippen LogP contribution < -0.4 is 0 Å². The molecular formula is C54H34. The number of hydrogen-bond donors (Lipinski definition) is 0. The van der Waals surface area contributed by atoms with Gasteiger partial charge in [0.2, 0.25) is 0 Å². The molecule has 0 N–H and O–H groups in total. The van der Waals surface area contributed by atoms with Gasteiger partial charge in [-0.15, -0.1) is 0 Å². The Morgan fingerprint density at radius 1 is 0.278 bits per heavy atom. The van der Waals surface area contributed by atoms with Crippen LogP contribution in [0.3, 0.4) is 0 Å². The van der Waals surface area contributed by atoms with Crippen molar-refractivity contribution >= 4 is 64.6 Å². The quantitative estimate of drug-likeness (QED) is 0.127. The number of fused-ring (bicyclic) bond motifs is 8. The van der Waals surface area contributed by atoms with Crippen LogP contribution >= 0.6 is 0 Å². The molecule has 0 heterocycles. The van der Waals surface area contributed by atoms with Crippen molar-refractivity contribution in [3.05, 3.63) is 206 Å². The van der Waals surface area contributed by atoms with Crippen LogP contribution in [-0.2, 0) is 0 Å². The number of benzene rings is 11. The van der Waals surface area contributed by atoms with Crippen LogP contribution in [0.15, 0.2) is 206 Å². The second-order valence-corrected chi connectivity index (χ2v) is 13.8. The van der Waals surface area contributed by atoms with Crippen molar-refractivity contribution < 1.29 is 11.0 Å². The van der Waals surface area contributed by atoms with Gasteiger partial charge in [-0.25, -0.2) is 0 Å². The zero-order chi connectivity index (χ0) is 42.6. The molecule has 0 aromatic heterocycles. The Morgan fingerprint density at radius 3 is 1.44 bits per heavy atom. The van der Waals surface area contributed by atoms with Crippen molar-refractivity contribution in [2.24, 2.45) is 0 Å². The molecule has 11 aromatic rings. The van der Waals surface area contributed by atoms with Crippen LogP contribution in [-0.4, -0.2) is 0 Å². The maximum Gasteiger partial charge on any atom is 0.0629 e. The van der Waals surface area contributed by atoms with E-state index in [1.54, 1.807) is 0 Å². The van der Waals surface area contributed by atoms with Crippen LogP contribution in [0, 0.1) is 0 Å². The second-order valence-electron chi connectivity index (χ2n) is 13.8. The lowest BCUT2D eigenvalue weighted by Gasteiger charge is -2.19. The SMILES string of the molecule is [2H]c1c([2H])c([2H])c2c(-c3cccc(-c4cc5ccc6ccccc6c5c5ccccc45)c3)c3c([2H])c([2H])c([2H])c([2H])c3c(-c3cccc(-c4ccc5ccccc5c4)c3)c2c1[2H]. The largest absolute Gasteiger partial charge is 0.0629 e. The molecule has 0 radical (unpaired) electrons. The van der Waals surface area contributed by atoms with Gasteiger partial charge >= 0.3 is 0 Å². The molecule has 54 heavy (non-hydrogen) atoms. The van der Waals surface area contributed by atoms with Crippen LogP contribution in [0.2, 0.25) is 0 Å². The van der Waals surface area contributed by atoms with Crippen molar-refractivity contribution in [1.29, 1.82) is 0 Å². The van der Waals surface area contributed by atoms with Gasteiger partial charge in [0.05, 0.1) is 11.0 Å². The summed E-state index contributed by atoms with van der Waals surface area (Å²) >= 11 is 0. The zero-order valence-corrected chi connectivity index (χ0v) is 29.0. The highest BCUT2D eigenvalue weighted by atomic mass is 14.2. The van der Waals surface area contributed by atoms with Crippen molar-refractivity contribution in [1.82, 2.24) is 0 Å². The van der Waals surface area contributed by atoms with Crippen LogP contribution in [0.25, 0.3) is 109 Å². The first kappa shape index (κ1) is 23.5. The molecular weight excluding hydrogens is 649 g/mol. The molecule has 0 aliphatic rings. The monoisotopic (exact) mass is 690 g/mol. The van der Waals surface area contributed by atoms with Crippen molar-refractivity contribution in [3.8, 4) is 44.5 Å². The molecule has 0 saturated carbocycles. The summed E-state index contributed by atoms with van der Waals surface area (Å²) in [5.74, 6) is 0. The van der Waals surface area contributed by atoms with Crippen molar-refractivity contribution in [3.63, 3.8) is 0 Å². The van der Waals surface area contributed by atoms with E-state index in [9.17, 15) is 5.48 Å². The van der Waals surface area contributed by atoms with Gasteiger partial charge < -0.3 is 0 Å². The standard InChI is InChI=1S/C54H34/c1-2-15-37-31-39(29-27-35(37)13-1)38-16-11-18-41(32-38)53-47-23-7-9-25-49(47)54(50-26-10-8-24-48(50)53)42-19-12-17-40(33-42)51-34-43-30-28-36-14-3-4-20-44(36)52(43)46-22-6-5-21-45(46)51/h1-34H/i7D,8D,9D,10D,23D,24D,25D,26D. The summed E-state index contributed by atoms with van der Waals surface area (Å²) in [4.78, 5) is 0. The van der Waals surface area contributed by atoms with E-state index < -0.39 is 24.2 Å². The van der Waals surface area contributed by atoms with E-state index in [1.165, 1.54) is 0 Å². The maximum absolute atomic E-state index is 9.52. The van der Waals surface area contributed by atoms with Crippen LogP contribution in [0.4, 0.5) is 0 Å². The lowest BCUT2D eigenvalue weighted by molar-refractivity contribution is 1.62. The molecule has 11 aromatic carbocycles. The van der Waals surface area contributed by atoms with Crippen molar-refractivity contribution in [2.45, 2.75) is 0 Å². The van der Waals surface area contributed by atoms with Crippen LogP contribution in [0.5, 0.6) is 0 Å². The molecule has 0 bridgehead atoms. The first-order valence-corrected chi connectivity index (χ1v) is 18.1. The van der Waals surface area contributed by atoms with E-state index in [-0.39, 0.29) is 45.7 Å². The molecule has 0 aliphatic carbocycles. The lowest BCUT2D eigenvalue weighted by atomic mass is 9.84. The van der Waals surface area contributed by atoms with Gasteiger partial charge in [-0.2, -0.15) is 0 Å². The Balaban J connectivity index is 1.24. The van der Waals surface area contributed by atoms with Gasteiger partial charge in [-0.1, -0.05) is 182 Å². The molecule has 0 aliphatic heterocycles. The molecule has 11 rings (SSSR count). The fourth-order valence-corrected chi connectivity index (χ4v) is 8.39. The zero-order valence-electron chi connectivity index (χ0n) is 37.0. The number of rotatable bonds is 4. The van der Waals surface area contributed by atoms with Gasteiger partial charge in [0.25, 0.3) is 0 Å². The third kappa shape index (κ3) is 4.85. The summed E-state index contributed by atoms with van der Waals surface area (Å²) < 4.78 is 73.8. The van der Waals surface area contributed by atoms with Gasteiger partial charge in [-0.3, -0.25) is 0 Å². The van der Waals surface area contributed by atoms with E-state index in [0.717, 1.165) is 65.3 Å². The smallest absolute Gasteiger partial charge is 0.0616 e. The Hall–Kier alpha value is -7.02. The molecule has 0 spiro atoms. The molecule has 0 saturated heterocycles. The Labute approximate surface area is 325 Å². The van der Waals surface area contributed by atoms with Crippen LogP contribution in [0.1, 0.15) is 11.0 Å². The Kier molecular flexibility index (Phi) is 5.36. The van der Waals surface area contributed by atoms with Crippen molar-refractivity contribution in [2.75, 3.05) is 0 Å². The second kappa shape index (κ2) is 12.3. The highest BCUT2D eigenvalue weighted by Crippen LogP contribution is 2.46. The summed E-state index contributed by atoms with van der Waals surface area (Å²) in [7, 11) is 0. The number of hydrogen-bond acceptors (Lipinski definition) is 0. The van der Waals surface area contributed by atoms with E-state index in [0.29, 0.717) is 22.3 Å². The summed E-state index contributed by atoms with van der Waals surface area (Å²) in [5.41, 5.74) is 5.37. The lowest BCUT2D eigenvalue weighted by Crippen LogP contribution is -1.92. The molecule has 250 valence electrons. The molecule has 0 nitrogen and oxygen atoms in total. The van der Waals surface area contributed by atoms with E-state index >= 15 is 0 Å². The summed E-state index contributed by atoms with van der Waals surface area (Å²) in [6.07, 6.45) is 0. The average molecular weight is 691 g/mol. The van der Waals surface area contributed by atoms with Gasteiger partial charge in [0, 0.05) is 0 Å². The topological polar surface area (TPSA) is 0 Å². The predicted octanol–water partition coefficient (Wildman–Crippen LogP) is 15.3. The minimum atomic E-state index is -0.427. The third-order valence-corrected chi connectivity index (χ3v) is 10.8. The molecule has 0 heteroatoms. The molecule has 0 amide bonds. The maximum atomic E-state index is 9.52. The van der Waals surface area contributed by atoms with Gasteiger partial charge in [0.1, 0.15) is 0 Å². The minimum Gasteiger partial charge on any atom is -0.0616 e. The summed E-state index contributed by atoms with van der Waals surface area (Å²) in [6.45, 7) is 0. The highest BCUT2D eigenvalue weighted by molar-refractivity contribution is 6.24. The third-order valence-electron chi connectivity index (χ3n) is 10.8. The van der Waals surface area contributed by atoms with E-state index in [4.69, 9.17) is 5.48 Å². The summed E-state index contributed by atoms with van der Waals surface area (Å²) in [5, 5.41) is 9.57. The molecule has 0 atom stereocenters. The first-order chi connectivity index (χ1) is 30.1. The Bertz CT molecular complexity index is 3660. The normalized spacial score (nSPS) is 13.8. The molecule has 0 unspecified atom stereocenters. The fraction of sp³-hybridized carbons (Fsp3) is 0. The first-order valence-electron chi connectivity index (χ1n) is 22.1. The summed E-state index contributed by atoms with van der Waals surface area (Å²) in [6, 6.07) is 49.9. The highest BCUT2D eigenvalue weighted by Gasteiger charge is 2.18. The average Bonchev–Trinajstić information content (AvgIpc) is 3.32. The predicted molar refractivity (Wildman–Crippen MR) is 233 cm³/mol. The van der Waals surface area contributed by atoms with Gasteiger partial charge in [-0.05, 0) is 133 Å². The minimum absolute atomic E-state index is 0.187. The van der Waals surface area contributed by atoms with Gasteiger partial charge in [0.15, 0.2) is 0 Å². The molecule has 0 fully saturated rings. The fourth-order valence-electron chi connectivity index (χ4n) is 8.39. The van der Waals surface area contributed by atoms with E-state index in [1.807, 2.05) is 91.0 Å².